The van der Waals surface area contributed by atoms with Gasteiger partial charge in [-0.2, -0.15) is 0 Å². The maximum atomic E-state index is 13.4. The lowest BCUT2D eigenvalue weighted by molar-refractivity contribution is 0.0561. The summed E-state index contributed by atoms with van der Waals surface area (Å²) in [6.45, 7) is 7.36. The predicted octanol–water partition coefficient (Wildman–Crippen LogP) is 6.79. The molecule has 0 bridgehead atoms. The molecule has 256 valence electrons. The minimum atomic E-state index is -0.840. The van der Waals surface area contributed by atoms with Gasteiger partial charge < -0.3 is 29.0 Å². The van der Waals surface area contributed by atoms with Crippen LogP contribution in [0.1, 0.15) is 52.6 Å². The second-order valence-corrected chi connectivity index (χ2v) is 11.7. The van der Waals surface area contributed by atoms with E-state index in [9.17, 15) is 14.4 Å². The highest BCUT2D eigenvalue weighted by molar-refractivity contribution is 6.10. The molecular weight excluding hydrogens is 628 g/mol. The number of amides is 3. The smallest absolute Gasteiger partial charge is 0.414 e. The summed E-state index contributed by atoms with van der Waals surface area (Å²) in [6, 6.07) is 24.6. The average molecular weight is 669 g/mol. The molecular formula is C37H40N4O8. The van der Waals surface area contributed by atoms with Crippen molar-refractivity contribution in [1.82, 2.24) is 10.6 Å². The van der Waals surface area contributed by atoms with Crippen LogP contribution in [0.15, 0.2) is 89.9 Å². The first kappa shape index (κ1) is 35.8. The van der Waals surface area contributed by atoms with Gasteiger partial charge in [-0.25, -0.2) is 9.79 Å². The van der Waals surface area contributed by atoms with Gasteiger partial charge in [0, 0.05) is 16.8 Å². The van der Waals surface area contributed by atoms with Crippen molar-refractivity contribution in [2.24, 2.45) is 4.99 Å². The van der Waals surface area contributed by atoms with Crippen molar-refractivity contribution in [2.45, 2.75) is 39.9 Å². The highest BCUT2D eigenvalue weighted by Crippen LogP contribution is 2.38. The summed E-state index contributed by atoms with van der Waals surface area (Å²) in [5.74, 6) is 0.265. The van der Waals surface area contributed by atoms with E-state index >= 15 is 0 Å². The molecule has 3 amide bonds. The molecule has 0 heterocycles. The number of benzene rings is 4. The van der Waals surface area contributed by atoms with Crippen LogP contribution in [0.3, 0.4) is 0 Å². The lowest BCUT2D eigenvalue weighted by atomic mass is 10.1. The van der Waals surface area contributed by atoms with Gasteiger partial charge in [0.2, 0.25) is 11.7 Å². The van der Waals surface area contributed by atoms with Crippen molar-refractivity contribution in [3.8, 4) is 23.0 Å². The normalized spacial score (nSPS) is 11.2. The van der Waals surface area contributed by atoms with Gasteiger partial charge in [0.1, 0.15) is 18.0 Å². The third-order valence-electron chi connectivity index (χ3n) is 6.85. The van der Waals surface area contributed by atoms with E-state index in [-0.39, 0.29) is 28.9 Å². The molecule has 4 rings (SSSR count). The maximum absolute atomic E-state index is 13.4. The number of guanidine groups is 1. The fraction of sp³-hybridized carbons (Fsp3) is 0.243. The molecule has 0 fully saturated rings. The molecule has 0 spiro atoms. The van der Waals surface area contributed by atoms with Gasteiger partial charge in [-0.1, -0.05) is 36.4 Å². The van der Waals surface area contributed by atoms with Crippen LogP contribution in [-0.2, 0) is 11.3 Å². The SMILES string of the molecule is COc1cc(C(=O)NC(=Nc2ccc(C)c(NC(=O)c3ccc(OCc4ccccc4)cc3)c2)NC(=O)OC(C)(C)C)cc(OC)c1OC. The number of carbonyl (C=O) groups excluding carboxylic acids is 3. The number of methoxy groups -OCH3 is 3. The Morgan fingerprint density at radius 2 is 1.39 bits per heavy atom. The van der Waals surface area contributed by atoms with Gasteiger partial charge >= 0.3 is 6.09 Å². The van der Waals surface area contributed by atoms with Crippen LogP contribution in [0.2, 0.25) is 0 Å². The first-order valence-corrected chi connectivity index (χ1v) is 15.3. The van der Waals surface area contributed by atoms with E-state index in [0.29, 0.717) is 35.0 Å². The molecule has 0 saturated carbocycles. The lowest BCUT2D eigenvalue weighted by Gasteiger charge is -2.20. The van der Waals surface area contributed by atoms with Crippen molar-refractivity contribution in [3.05, 3.63) is 107 Å². The molecule has 0 radical (unpaired) electrons. The van der Waals surface area contributed by atoms with Crippen LogP contribution in [-0.4, -0.2) is 50.8 Å². The molecule has 4 aromatic carbocycles. The summed E-state index contributed by atoms with van der Waals surface area (Å²) >= 11 is 0. The number of anilines is 1. The predicted molar refractivity (Wildman–Crippen MR) is 186 cm³/mol. The third kappa shape index (κ3) is 10.2. The molecule has 0 aliphatic carbocycles. The number of alkyl carbamates (subject to hydrolysis) is 1. The highest BCUT2D eigenvalue weighted by atomic mass is 16.6. The van der Waals surface area contributed by atoms with Crippen LogP contribution < -0.4 is 34.9 Å². The summed E-state index contributed by atoms with van der Waals surface area (Å²) in [5, 5.41) is 8.02. The number of hydrogen-bond acceptors (Lipinski definition) is 9. The van der Waals surface area contributed by atoms with Crippen molar-refractivity contribution in [3.63, 3.8) is 0 Å². The van der Waals surface area contributed by atoms with E-state index in [2.05, 4.69) is 20.9 Å². The molecule has 4 aromatic rings. The second kappa shape index (κ2) is 16.2. The van der Waals surface area contributed by atoms with Gasteiger partial charge in [0.25, 0.3) is 11.8 Å². The number of nitrogens with zero attached hydrogens (tertiary/aromatic N) is 1. The minimum absolute atomic E-state index is 0.140. The number of ether oxygens (including phenoxy) is 5. The number of aliphatic imine (C=N–C) groups is 1. The number of rotatable bonds is 10. The monoisotopic (exact) mass is 668 g/mol. The molecule has 49 heavy (non-hydrogen) atoms. The first-order valence-electron chi connectivity index (χ1n) is 15.3. The van der Waals surface area contributed by atoms with E-state index < -0.39 is 17.6 Å². The van der Waals surface area contributed by atoms with Crippen LogP contribution >= 0.6 is 0 Å². The zero-order valence-electron chi connectivity index (χ0n) is 28.5. The van der Waals surface area contributed by atoms with E-state index in [0.717, 1.165) is 11.1 Å². The van der Waals surface area contributed by atoms with Crippen molar-refractivity contribution < 1.29 is 38.1 Å². The van der Waals surface area contributed by atoms with Crippen LogP contribution in [0, 0.1) is 6.92 Å². The summed E-state index contributed by atoms with van der Waals surface area (Å²) in [7, 11) is 4.31. The fourth-order valence-electron chi connectivity index (χ4n) is 4.46. The van der Waals surface area contributed by atoms with Crippen LogP contribution in [0.5, 0.6) is 23.0 Å². The van der Waals surface area contributed by atoms with E-state index in [4.69, 9.17) is 23.7 Å². The summed E-state index contributed by atoms with van der Waals surface area (Å²) < 4.78 is 27.3. The topological polar surface area (TPSA) is 146 Å². The van der Waals surface area contributed by atoms with E-state index in [1.807, 2.05) is 37.3 Å². The number of nitrogens with one attached hydrogen (secondary N) is 3. The van der Waals surface area contributed by atoms with E-state index in [1.54, 1.807) is 63.2 Å². The quantitative estimate of drug-likeness (QED) is 0.124. The van der Waals surface area contributed by atoms with Crippen molar-refractivity contribution in [2.75, 3.05) is 26.6 Å². The van der Waals surface area contributed by atoms with E-state index in [1.165, 1.54) is 33.5 Å². The summed E-state index contributed by atoms with van der Waals surface area (Å²) in [5.41, 5.74) is 2.34. The fourth-order valence-corrected chi connectivity index (χ4v) is 4.46. The number of carbonyl (C=O) groups is 3. The van der Waals surface area contributed by atoms with Gasteiger partial charge in [-0.3, -0.25) is 20.2 Å². The number of hydrogen-bond donors (Lipinski definition) is 3. The third-order valence-corrected chi connectivity index (χ3v) is 6.85. The Labute approximate surface area is 285 Å². The highest BCUT2D eigenvalue weighted by Gasteiger charge is 2.21. The molecule has 0 saturated heterocycles. The first-order chi connectivity index (χ1) is 23.4. The Balaban J connectivity index is 1.55. The van der Waals surface area contributed by atoms with Crippen molar-refractivity contribution in [1.29, 1.82) is 0 Å². The molecule has 12 heteroatoms. The Hall–Kier alpha value is -6.04. The molecule has 3 N–H and O–H groups in total. The van der Waals surface area contributed by atoms with Crippen LogP contribution in [0.4, 0.5) is 16.2 Å². The van der Waals surface area contributed by atoms with Crippen molar-refractivity contribution >= 4 is 35.2 Å². The molecule has 0 aromatic heterocycles. The Kier molecular flexibility index (Phi) is 11.8. The second-order valence-electron chi connectivity index (χ2n) is 11.7. The zero-order chi connectivity index (χ0) is 35.6. The molecule has 0 aliphatic heterocycles. The summed E-state index contributed by atoms with van der Waals surface area (Å²) in [4.78, 5) is 43.8. The minimum Gasteiger partial charge on any atom is -0.493 e. The Bertz CT molecular complexity index is 1790. The largest absolute Gasteiger partial charge is 0.493 e. The van der Waals surface area contributed by atoms with Gasteiger partial charge in [-0.05, 0) is 87.4 Å². The molecule has 0 unspecified atom stereocenters. The van der Waals surface area contributed by atoms with Crippen LogP contribution in [0.25, 0.3) is 0 Å². The van der Waals surface area contributed by atoms with Gasteiger partial charge in [0.15, 0.2) is 11.5 Å². The standard InChI is InChI=1S/C37H40N4O8/c1-23-13-16-27(21-29(23)39-33(42)25-14-17-28(18-15-25)48-22-24-11-9-8-10-12-24)38-35(41-36(44)49-37(2,3)4)40-34(43)26-19-30(45-5)32(47-7)31(20-26)46-6/h8-21H,22H2,1-7H3,(H,39,42)(H2,38,40,41,43,44). The number of aryl methyl sites for hydroxylation is 1. The lowest BCUT2D eigenvalue weighted by Crippen LogP contribution is -2.45. The van der Waals surface area contributed by atoms with Gasteiger partial charge in [0.05, 0.1) is 27.0 Å². The molecule has 12 nitrogen and oxygen atoms in total. The average Bonchev–Trinajstić information content (AvgIpc) is 3.07. The summed E-state index contributed by atoms with van der Waals surface area (Å²) in [6.07, 6.45) is -0.840. The Morgan fingerprint density at radius 3 is 1.98 bits per heavy atom. The Morgan fingerprint density at radius 1 is 0.735 bits per heavy atom. The van der Waals surface area contributed by atoms with Gasteiger partial charge in [-0.15, -0.1) is 0 Å². The maximum Gasteiger partial charge on any atom is 0.414 e. The molecule has 0 atom stereocenters. The molecule has 0 aliphatic rings. The zero-order valence-corrected chi connectivity index (χ0v) is 28.5.